The number of hydrogen-bond donors (Lipinski definition) is 0. The Labute approximate surface area is 379 Å². The zero-order valence-corrected chi connectivity index (χ0v) is 38.7. The van der Waals surface area contributed by atoms with Crippen LogP contribution >= 0.6 is 0 Å². The van der Waals surface area contributed by atoms with Gasteiger partial charge in [-0.15, -0.1) is 0 Å². The fourth-order valence-electron chi connectivity index (χ4n) is 9.18. The molecule has 10 nitrogen and oxygen atoms in total. The van der Waals surface area contributed by atoms with E-state index in [1.165, 1.54) is 70.6 Å². The molecule has 0 spiro atoms. The molecule has 0 unspecified atom stereocenters. The molecule has 0 saturated heterocycles. The number of hydrogen-bond acceptors (Lipinski definition) is 10. The molecule has 0 bridgehead atoms. The molecule has 0 fully saturated rings. The second-order valence-corrected chi connectivity index (χ2v) is 17.3. The molecule has 8 rings (SSSR count). The minimum Gasteiger partial charge on any atom is -0.465 e. The van der Waals surface area contributed by atoms with Crippen LogP contribution in [0.4, 0.5) is 34.1 Å². The Hall–Kier alpha value is -6.68. The normalized spacial score (nSPS) is 14.7. The van der Waals surface area contributed by atoms with Crippen LogP contribution in [0.1, 0.15) is 91.6 Å². The van der Waals surface area contributed by atoms with Crippen LogP contribution in [-0.4, -0.2) is 78.4 Å². The number of carbonyl (C=O) groups is 2. The lowest BCUT2D eigenvalue weighted by molar-refractivity contribution is 0.0590. The van der Waals surface area contributed by atoms with Gasteiger partial charge in [-0.05, 0) is 182 Å². The number of aromatic nitrogens is 2. The van der Waals surface area contributed by atoms with E-state index in [2.05, 4.69) is 157 Å². The summed E-state index contributed by atoms with van der Waals surface area (Å²) in [6.07, 6.45) is 15.0. The number of nitrogens with zero attached hydrogens (tertiary/aromatic N) is 6. The monoisotopic (exact) mass is 858 g/mol. The van der Waals surface area contributed by atoms with Crippen LogP contribution in [0.2, 0.25) is 0 Å². The number of pyridine rings is 2. The first-order valence-corrected chi connectivity index (χ1v) is 22.3. The summed E-state index contributed by atoms with van der Waals surface area (Å²) in [5.41, 5.74) is 16.1. The predicted molar refractivity (Wildman–Crippen MR) is 260 cm³/mol. The molecule has 0 amide bonds. The van der Waals surface area contributed by atoms with Gasteiger partial charge in [0.25, 0.3) is 0 Å². The van der Waals surface area contributed by atoms with Crippen molar-refractivity contribution in [2.24, 2.45) is 0 Å². The molecule has 6 aromatic rings. The van der Waals surface area contributed by atoms with Gasteiger partial charge in [-0.1, -0.05) is 12.1 Å². The second kappa shape index (κ2) is 20.7. The summed E-state index contributed by atoms with van der Waals surface area (Å²) in [6, 6.07) is 34.4. The summed E-state index contributed by atoms with van der Waals surface area (Å²) in [7, 11) is 15.3. The quantitative estimate of drug-likeness (QED) is 0.0986. The second-order valence-electron chi connectivity index (χ2n) is 17.3. The Kier molecular flexibility index (Phi) is 14.6. The van der Waals surface area contributed by atoms with E-state index in [0.717, 1.165) is 62.5 Å². The van der Waals surface area contributed by atoms with Crippen LogP contribution in [0, 0.1) is 0 Å². The van der Waals surface area contributed by atoms with Crippen LogP contribution in [-0.2, 0) is 35.2 Å². The molecule has 64 heavy (non-hydrogen) atoms. The van der Waals surface area contributed by atoms with Gasteiger partial charge in [-0.25, -0.2) is 9.59 Å². The molecule has 0 saturated carbocycles. The Morgan fingerprint density at radius 1 is 0.516 bits per heavy atom. The summed E-state index contributed by atoms with van der Waals surface area (Å²) in [5, 5.41) is 0. The zero-order valence-electron chi connectivity index (χ0n) is 38.7. The fraction of sp³-hybridized carbons (Fsp3) is 0.333. The van der Waals surface area contributed by atoms with Crippen molar-refractivity contribution in [2.75, 3.05) is 76.1 Å². The fourth-order valence-corrected chi connectivity index (χ4v) is 9.18. The molecule has 2 aliphatic rings. The third-order valence-corrected chi connectivity index (χ3v) is 13.1. The van der Waals surface area contributed by atoms with Crippen molar-refractivity contribution in [2.45, 2.75) is 63.2 Å². The van der Waals surface area contributed by atoms with E-state index in [1.54, 1.807) is 36.9 Å². The van der Waals surface area contributed by atoms with E-state index < -0.39 is 0 Å². The van der Waals surface area contributed by atoms with Crippen LogP contribution < -0.4 is 19.6 Å². The van der Waals surface area contributed by atoms with Gasteiger partial charge in [-0.3, -0.25) is 9.97 Å². The Balaban J connectivity index is 0.000000191. The van der Waals surface area contributed by atoms with E-state index in [4.69, 9.17) is 9.47 Å². The SMILES string of the molecule is COC(=O)c1ccncc1CC[C@@H]1CCc2cc(N(C)c3ccc(N(C)C)cc3)ccc21.COC(=O)c1ccncc1CC[C@H]1CCc2cc(N(C)c3ccc(N(C)C)cc3)ccc21. The minimum absolute atomic E-state index is 0.291. The topological polar surface area (TPSA) is 91.3 Å². The standard InChI is InChI=1S/2C27H31N3O2/c2*1-29(2)22-9-11-23(12-10-22)30(3)24-13-14-25-19(5-7-20(25)17-24)6-8-21-18-28-16-15-26(21)27(31)32-4/h2*9-19H,5-8H2,1-4H3/t2*19-/m10/s1. The van der Waals surface area contributed by atoms with Crippen LogP contribution in [0.5, 0.6) is 0 Å². The van der Waals surface area contributed by atoms with E-state index >= 15 is 0 Å². The van der Waals surface area contributed by atoms with Gasteiger partial charge >= 0.3 is 11.9 Å². The Morgan fingerprint density at radius 3 is 1.23 bits per heavy atom. The molecule has 10 heteroatoms. The number of benzene rings is 4. The van der Waals surface area contributed by atoms with Crippen LogP contribution in [0.3, 0.4) is 0 Å². The minimum atomic E-state index is -0.291. The first-order chi connectivity index (χ1) is 30.9. The number of esters is 2. The highest BCUT2D eigenvalue weighted by atomic mass is 16.5. The molecular formula is C54H62N6O4. The van der Waals surface area contributed by atoms with E-state index in [1.807, 2.05) is 0 Å². The molecule has 2 heterocycles. The average molecular weight is 859 g/mol. The van der Waals surface area contributed by atoms with Crippen molar-refractivity contribution in [3.05, 3.63) is 166 Å². The number of fused-ring (bicyclic) bond motifs is 2. The molecule has 0 aliphatic heterocycles. The Morgan fingerprint density at radius 2 is 0.875 bits per heavy atom. The average Bonchev–Trinajstić information content (AvgIpc) is 3.95. The number of methoxy groups -OCH3 is 2. The van der Waals surface area contributed by atoms with Gasteiger partial charge < -0.3 is 29.1 Å². The number of carbonyl (C=O) groups excluding carboxylic acids is 2. The third kappa shape index (κ3) is 10.4. The highest BCUT2D eigenvalue weighted by Crippen LogP contribution is 2.41. The van der Waals surface area contributed by atoms with Crippen molar-refractivity contribution in [3.8, 4) is 0 Å². The van der Waals surface area contributed by atoms with Gasteiger partial charge in [0, 0.05) is 101 Å². The molecular weight excluding hydrogens is 797 g/mol. The lowest BCUT2D eigenvalue weighted by Gasteiger charge is -2.22. The van der Waals surface area contributed by atoms with Crippen molar-refractivity contribution in [1.29, 1.82) is 0 Å². The molecule has 4 aromatic carbocycles. The van der Waals surface area contributed by atoms with Crippen molar-refractivity contribution in [3.63, 3.8) is 0 Å². The molecule has 2 atom stereocenters. The number of aryl methyl sites for hydroxylation is 4. The van der Waals surface area contributed by atoms with E-state index in [0.29, 0.717) is 23.0 Å². The summed E-state index contributed by atoms with van der Waals surface area (Å²) in [6.45, 7) is 0. The van der Waals surface area contributed by atoms with Crippen LogP contribution in [0.15, 0.2) is 122 Å². The zero-order chi connectivity index (χ0) is 45.3. The largest absolute Gasteiger partial charge is 0.465 e. The lowest BCUT2D eigenvalue weighted by atomic mass is 9.93. The molecule has 0 radical (unpaired) electrons. The Bertz CT molecular complexity index is 2360. The maximum atomic E-state index is 12.0. The first-order valence-electron chi connectivity index (χ1n) is 22.3. The van der Waals surface area contributed by atoms with Crippen molar-refractivity contribution in [1.82, 2.24) is 9.97 Å². The van der Waals surface area contributed by atoms with Gasteiger partial charge in [0.05, 0.1) is 25.3 Å². The molecule has 2 aliphatic carbocycles. The highest BCUT2D eigenvalue weighted by Gasteiger charge is 2.26. The molecule has 0 N–H and O–H groups in total. The summed E-state index contributed by atoms with van der Waals surface area (Å²) < 4.78 is 9.84. The third-order valence-electron chi connectivity index (χ3n) is 13.1. The summed E-state index contributed by atoms with van der Waals surface area (Å²) in [5.74, 6) is 0.435. The van der Waals surface area contributed by atoms with Crippen molar-refractivity contribution >= 4 is 46.1 Å². The first kappa shape index (κ1) is 45.3. The van der Waals surface area contributed by atoms with Gasteiger partial charge in [0.15, 0.2) is 0 Å². The van der Waals surface area contributed by atoms with Gasteiger partial charge in [0.1, 0.15) is 0 Å². The molecule has 2 aromatic heterocycles. The summed E-state index contributed by atoms with van der Waals surface area (Å²) in [4.78, 5) is 41.2. The number of anilines is 6. The van der Waals surface area contributed by atoms with E-state index in [9.17, 15) is 9.59 Å². The highest BCUT2D eigenvalue weighted by molar-refractivity contribution is 5.91. The lowest BCUT2D eigenvalue weighted by Crippen LogP contribution is -2.11. The van der Waals surface area contributed by atoms with Crippen molar-refractivity contribution < 1.29 is 19.1 Å². The van der Waals surface area contributed by atoms with Gasteiger partial charge in [0.2, 0.25) is 0 Å². The molecule has 332 valence electrons. The number of ether oxygens (including phenoxy) is 2. The maximum absolute atomic E-state index is 12.0. The smallest absolute Gasteiger partial charge is 0.338 e. The predicted octanol–water partition coefficient (Wildman–Crippen LogP) is 10.7. The summed E-state index contributed by atoms with van der Waals surface area (Å²) >= 11 is 0. The van der Waals surface area contributed by atoms with Crippen LogP contribution in [0.25, 0.3) is 0 Å². The van der Waals surface area contributed by atoms with Gasteiger partial charge in [-0.2, -0.15) is 0 Å². The van der Waals surface area contributed by atoms with E-state index in [-0.39, 0.29) is 11.9 Å². The number of rotatable bonds is 14. The maximum Gasteiger partial charge on any atom is 0.338 e.